The molecule has 1 aromatic rings. The number of aryl methyl sites for hydroxylation is 1. The zero-order valence-corrected chi connectivity index (χ0v) is 9.50. The first kappa shape index (κ1) is 12.4. The smallest absolute Gasteiger partial charge is 0.219 e. The molecule has 4 N–H and O–H groups in total. The van der Waals surface area contributed by atoms with Crippen molar-refractivity contribution in [2.75, 3.05) is 0 Å². The second-order valence-corrected chi connectivity index (χ2v) is 3.55. The predicted molar refractivity (Wildman–Crippen MR) is 57.5 cm³/mol. The molecule has 0 unspecified atom stereocenters. The average Bonchev–Trinajstić information content (AvgIpc) is 2.30. The summed E-state index contributed by atoms with van der Waals surface area (Å²) in [5, 5.41) is 21.6. The highest BCUT2D eigenvalue weighted by atomic mass is 16.3. The molecule has 0 atom stereocenters. The Bertz CT molecular complexity index is 391. The van der Waals surface area contributed by atoms with E-state index in [1.807, 2.05) is 0 Å². The van der Waals surface area contributed by atoms with Gasteiger partial charge in [0.05, 0.1) is 6.61 Å². The summed E-state index contributed by atoms with van der Waals surface area (Å²) in [5.41, 5.74) is 1.75. The van der Waals surface area contributed by atoms with Crippen LogP contribution in [0.3, 0.4) is 0 Å². The molecule has 5 nitrogen and oxygen atoms in total. The number of amides is 1. The number of aromatic nitrogens is 1. The maximum Gasteiger partial charge on any atom is 0.219 e. The lowest BCUT2D eigenvalue weighted by Gasteiger charge is -2.09. The number of hydrogen-bond donors (Lipinski definition) is 3. The highest BCUT2D eigenvalue weighted by Crippen LogP contribution is 2.21. The van der Waals surface area contributed by atoms with Gasteiger partial charge in [0.1, 0.15) is 0 Å². The summed E-state index contributed by atoms with van der Waals surface area (Å²) >= 11 is 0. The minimum atomic E-state index is -0.179. The molecule has 88 valence electrons. The SMILES string of the molecule is CCC(=O)NCc1c(CO)c[nH+]c(C)c1O. The molecule has 0 saturated heterocycles. The topological polar surface area (TPSA) is 83.7 Å². The van der Waals surface area contributed by atoms with Gasteiger partial charge < -0.3 is 15.5 Å². The number of nitrogens with one attached hydrogen (secondary N) is 2. The third kappa shape index (κ3) is 2.70. The van der Waals surface area contributed by atoms with Crippen molar-refractivity contribution in [3.63, 3.8) is 0 Å². The maximum atomic E-state index is 11.1. The fourth-order valence-electron chi connectivity index (χ4n) is 1.38. The molecule has 0 bridgehead atoms. The van der Waals surface area contributed by atoms with Crippen molar-refractivity contribution in [2.24, 2.45) is 0 Å². The van der Waals surface area contributed by atoms with Gasteiger partial charge in [0.2, 0.25) is 11.6 Å². The summed E-state index contributed by atoms with van der Waals surface area (Å²) in [4.78, 5) is 14.0. The second kappa shape index (κ2) is 5.46. The summed E-state index contributed by atoms with van der Waals surface area (Å²) in [5.74, 6) is -0.00303. The molecular formula is C11H17N2O3+. The van der Waals surface area contributed by atoms with Crippen LogP contribution in [0.5, 0.6) is 5.75 Å². The predicted octanol–water partition coefficient (Wildman–Crippen LogP) is 0.0332. The van der Waals surface area contributed by atoms with Crippen molar-refractivity contribution in [1.82, 2.24) is 5.32 Å². The van der Waals surface area contributed by atoms with E-state index in [0.29, 0.717) is 23.2 Å². The van der Waals surface area contributed by atoms with Crippen LogP contribution < -0.4 is 10.3 Å². The van der Waals surface area contributed by atoms with Gasteiger partial charge in [-0.1, -0.05) is 6.92 Å². The lowest BCUT2D eigenvalue weighted by molar-refractivity contribution is -0.389. The van der Waals surface area contributed by atoms with Crippen LogP contribution in [0, 0.1) is 6.92 Å². The molecule has 0 aliphatic carbocycles. The van der Waals surface area contributed by atoms with E-state index in [9.17, 15) is 9.90 Å². The Balaban J connectivity index is 2.92. The molecule has 0 aliphatic rings. The van der Waals surface area contributed by atoms with E-state index >= 15 is 0 Å². The van der Waals surface area contributed by atoms with Gasteiger partial charge in [-0.2, -0.15) is 0 Å². The molecule has 1 amide bonds. The number of hydrogen-bond acceptors (Lipinski definition) is 3. The number of rotatable bonds is 4. The van der Waals surface area contributed by atoms with E-state index in [0.717, 1.165) is 0 Å². The minimum Gasteiger partial charge on any atom is -0.502 e. The quantitative estimate of drug-likeness (QED) is 0.676. The second-order valence-electron chi connectivity index (χ2n) is 3.55. The number of aromatic amines is 1. The van der Waals surface area contributed by atoms with Crippen molar-refractivity contribution in [3.8, 4) is 5.75 Å². The fraction of sp³-hybridized carbons (Fsp3) is 0.455. The normalized spacial score (nSPS) is 10.2. The van der Waals surface area contributed by atoms with Gasteiger partial charge in [-0.3, -0.25) is 4.79 Å². The first-order chi connectivity index (χ1) is 7.60. The Hall–Kier alpha value is -1.62. The number of aliphatic hydroxyl groups is 1. The monoisotopic (exact) mass is 225 g/mol. The van der Waals surface area contributed by atoms with Crippen LogP contribution in [0.2, 0.25) is 0 Å². The highest BCUT2D eigenvalue weighted by Gasteiger charge is 2.15. The Kier molecular flexibility index (Phi) is 4.25. The molecule has 0 aliphatic heterocycles. The molecule has 1 rings (SSSR count). The van der Waals surface area contributed by atoms with Gasteiger partial charge >= 0.3 is 0 Å². The molecule has 0 radical (unpaired) electrons. The van der Waals surface area contributed by atoms with E-state index in [4.69, 9.17) is 5.11 Å². The first-order valence-corrected chi connectivity index (χ1v) is 5.19. The third-order valence-electron chi connectivity index (χ3n) is 2.45. The van der Waals surface area contributed by atoms with E-state index in [1.165, 1.54) is 0 Å². The number of H-pyrrole nitrogens is 1. The maximum absolute atomic E-state index is 11.1. The Morgan fingerprint density at radius 3 is 2.81 bits per heavy atom. The van der Waals surface area contributed by atoms with Gasteiger partial charge in [0.15, 0.2) is 11.9 Å². The summed E-state index contributed by atoms with van der Waals surface area (Å²) in [6.07, 6.45) is 2.02. The molecule has 0 spiro atoms. The van der Waals surface area contributed by atoms with Gasteiger partial charge in [-0.05, 0) is 0 Å². The van der Waals surface area contributed by atoms with E-state index < -0.39 is 0 Å². The minimum absolute atomic E-state index is 0.0861. The van der Waals surface area contributed by atoms with Crippen LogP contribution in [0.15, 0.2) is 6.20 Å². The van der Waals surface area contributed by atoms with Gasteiger partial charge in [-0.15, -0.1) is 0 Å². The summed E-state index contributed by atoms with van der Waals surface area (Å²) in [7, 11) is 0. The van der Waals surface area contributed by atoms with Crippen molar-refractivity contribution in [1.29, 1.82) is 0 Å². The number of carbonyl (C=O) groups excluding carboxylic acids is 1. The van der Waals surface area contributed by atoms with Crippen LogP contribution in [0.1, 0.15) is 30.2 Å². The average molecular weight is 225 g/mol. The van der Waals surface area contributed by atoms with Crippen molar-refractivity contribution < 1.29 is 20.0 Å². The molecule has 1 aromatic heterocycles. The zero-order chi connectivity index (χ0) is 12.1. The fourth-order valence-corrected chi connectivity index (χ4v) is 1.38. The lowest BCUT2D eigenvalue weighted by Crippen LogP contribution is -2.23. The van der Waals surface area contributed by atoms with Crippen LogP contribution in [0.25, 0.3) is 0 Å². The molecule has 16 heavy (non-hydrogen) atoms. The third-order valence-corrected chi connectivity index (χ3v) is 2.45. The van der Waals surface area contributed by atoms with E-state index in [1.54, 1.807) is 20.0 Å². The van der Waals surface area contributed by atoms with Gasteiger partial charge in [0, 0.05) is 31.0 Å². The van der Waals surface area contributed by atoms with Crippen LogP contribution in [-0.2, 0) is 17.9 Å². The molecule has 0 saturated carbocycles. The number of carbonyl (C=O) groups is 1. The van der Waals surface area contributed by atoms with Gasteiger partial charge in [-0.25, -0.2) is 4.98 Å². The van der Waals surface area contributed by atoms with Gasteiger partial charge in [0.25, 0.3) is 0 Å². The Morgan fingerprint density at radius 1 is 1.56 bits per heavy atom. The lowest BCUT2D eigenvalue weighted by atomic mass is 10.1. The molecule has 0 fully saturated rings. The molecule has 1 heterocycles. The summed E-state index contributed by atoms with van der Waals surface area (Å²) < 4.78 is 0. The van der Waals surface area contributed by atoms with E-state index in [-0.39, 0.29) is 24.8 Å². The Morgan fingerprint density at radius 2 is 2.25 bits per heavy atom. The van der Waals surface area contributed by atoms with Crippen molar-refractivity contribution >= 4 is 5.91 Å². The standard InChI is InChI=1S/C11H16N2O3/c1-3-10(15)13-5-9-8(6-14)4-12-7(2)11(9)16/h4,14,16H,3,5-6H2,1-2H3,(H,13,15)/p+1. The van der Waals surface area contributed by atoms with Crippen LogP contribution >= 0.6 is 0 Å². The molecule has 0 aromatic carbocycles. The number of pyridine rings is 1. The largest absolute Gasteiger partial charge is 0.502 e. The zero-order valence-electron chi connectivity index (χ0n) is 9.50. The number of aliphatic hydroxyl groups excluding tert-OH is 1. The highest BCUT2D eigenvalue weighted by molar-refractivity contribution is 5.75. The van der Waals surface area contributed by atoms with Crippen molar-refractivity contribution in [3.05, 3.63) is 23.0 Å². The summed E-state index contributed by atoms with van der Waals surface area (Å²) in [6.45, 7) is 3.53. The van der Waals surface area contributed by atoms with Crippen LogP contribution in [-0.4, -0.2) is 16.1 Å². The first-order valence-electron chi connectivity index (χ1n) is 5.19. The Labute approximate surface area is 94.1 Å². The van der Waals surface area contributed by atoms with Crippen molar-refractivity contribution in [2.45, 2.75) is 33.4 Å². The summed E-state index contributed by atoms with van der Waals surface area (Å²) in [6, 6.07) is 0. The van der Waals surface area contributed by atoms with Crippen LogP contribution in [0.4, 0.5) is 0 Å². The number of aromatic hydroxyl groups is 1. The molecule has 5 heteroatoms. The molecular weight excluding hydrogens is 208 g/mol. The van der Waals surface area contributed by atoms with E-state index in [2.05, 4.69) is 10.3 Å².